The van der Waals surface area contributed by atoms with E-state index in [0.717, 1.165) is 18.7 Å². The van der Waals surface area contributed by atoms with Gasteiger partial charge in [0, 0.05) is 33.6 Å². The smallest absolute Gasteiger partial charge is 0.246 e. The number of carbonyl (C=O) groups is 1. The van der Waals surface area contributed by atoms with Crippen LogP contribution in [0.1, 0.15) is 24.3 Å². The third-order valence-corrected chi connectivity index (χ3v) is 5.84. The molecule has 31 heavy (non-hydrogen) atoms. The summed E-state index contributed by atoms with van der Waals surface area (Å²) in [5.41, 5.74) is 1.40. The van der Waals surface area contributed by atoms with Gasteiger partial charge in [0.05, 0.1) is 6.54 Å². The van der Waals surface area contributed by atoms with Crippen molar-refractivity contribution in [3.05, 3.63) is 69.8 Å². The van der Waals surface area contributed by atoms with Crippen LogP contribution in [0.2, 0.25) is 10.0 Å². The molecular weight excluding hydrogens is 442 g/mol. The van der Waals surface area contributed by atoms with Crippen LogP contribution >= 0.6 is 23.2 Å². The molecule has 1 fully saturated rings. The van der Waals surface area contributed by atoms with Gasteiger partial charge in [-0.05, 0) is 62.3 Å². The number of rotatable bonds is 6. The molecule has 162 valence electrons. The Kier molecular flexibility index (Phi) is 6.85. The lowest BCUT2D eigenvalue weighted by molar-refractivity contribution is -0.126. The summed E-state index contributed by atoms with van der Waals surface area (Å²) in [5, 5.41) is 7.83. The van der Waals surface area contributed by atoms with Gasteiger partial charge in [0.25, 0.3) is 0 Å². The number of nitrogens with one attached hydrogen (secondary N) is 1. The van der Waals surface area contributed by atoms with Crippen LogP contribution in [0.25, 0.3) is 11.4 Å². The van der Waals surface area contributed by atoms with Crippen molar-refractivity contribution < 1.29 is 13.7 Å². The molecule has 1 saturated heterocycles. The van der Waals surface area contributed by atoms with E-state index in [-0.39, 0.29) is 24.2 Å². The first-order chi connectivity index (χ1) is 15.0. The Hall–Kier alpha value is -2.48. The maximum atomic E-state index is 14.0. The molecule has 1 N–H and O–H groups in total. The Morgan fingerprint density at radius 2 is 1.84 bits per heavy atom. The van der Waals surface area contributed by atoms with Gasteiger partial charge in [0.1, 0.15) is 5.82 Å². The molecule has 0 saturated carbocycles. The van der Waals surface area contributed by atoms with Gasteiger partial charge in [-0.1, -0.05) is 34.4 Å². The molecule has 3 aromatic rings. The average Bonchev–Trinajstić information content (AvgIpc) is 3.24. The minimum atomic E-state index is -0.301. The zero-order chi connectivity index (χ0) is 21.8. The molecule has 9 heteroatoms. The third kappa shape index (κ3) is 5.61. The van der Waals surface area contributed by atoms with Gasteiger partial charge in [-0.15, -0.1) is 0 Å². The summed E-state index contributed by atoms with van der Waals surface area (Å²) in [4.78, 5) is 19.0. The quantitative estimate of drug-likeness (QED) is 0.574. The van der Waals surface area contributed by atoms with Gasteiger partial charge in [0.2, 0.25) is 17.6 Å². The van der Waals surface area contributed by atoms with Gasteiger partial charge in [-0.2, -0.15) is 4.98 Å². The normalized spacial score (nSPS) is 15.2. The zero-order valence-electron chi connectivity index (χ0n) is 16.7. The molecule has 2 aromatic carbocycles. The number of likely N-dealkylation sites (tertiary alicyclic amines) is 1. The second kappa shape index (κ2) is 9.77. The Bertz CT molecular complexity index is 1050. The molecule has 2 heterocycles. The standard InChI is InChI=1S/C22H21Cl2FN4O2/c23-17-4-1-14(2-5-17)21-27-20(31-28-21)12-26-22(30)15-7-9-29(10-8-15)13-16-3-6-18(24)11-19(16)25/h1-6,11,15H,7-10,12-13H2,(H,26,30). The number of hydrogen-bond donors (Lipinski definition) is 1. The molecule has 1 aromatic heterocycles. The first-order valence-electron chi connectivity index (χ1n) is 10.0. The molecule has 0 bridgehead atoms. The molecule has 0 unspecified atom stereocenters. The molecule has 6 nitrogen and oxygen atoms in total. The predicted molar refractivity (Wildman–Crippen MR) is 116 cm³/mol. The van der Waals surface area contributed by atoms with Gasteiger partial charge < -0.3 is 9.84 Å². The van der Waals surface area contributed by atoms with Crippen molar-refractivity contribution in [2.24, 2.45) is 5.92 Å². The molecule has 4 rings (SSSR count). The second-order valence-corrected chi connectivity index (χ2v) is 8.40. The number of aromatic nitrogens is 2. The van der Waals surface area contributed by atoms with Crippen molar-refractivity contribution >= 4 is 29.1 Å². The summed E-state index contributed by atoms with van der Waals surface area (Å²) in [6.07, 6.45) is 1.42. The van der Waals surface area contributed by atoms with Gasteiger partial charge in [-0.3, -0.25) is 9.69 Å². The Balaban J connectivity index is 1.24. The predicted octanol–water partition coefficient (Wildman–Crippen LogP) is 4.71. The van der Waals surface area contributed by atoms with Crippen LogP contribution in [0.3, 0.4) is 0 Å². The minimum Gasteiger partial charge on any atom is -0.347 e. The fourth-order valence-electron chi connectivity index (χ4n) is 3.59. The highest BCUT2D eigenvalue weighted by atomic mass is 35.5. The molecule has 0 aliphatic carbocycles. The Morgan fingerprint density at radius 3 is 2.55 bits per heavy atom. The van der Waals surface area contributed by atoms with Gasteiger partial charge in [0.15, 0.2) is 0 Å². The van der Waals surface area contributed by atoms with E-state index in [0.29, 0.717) is 46.7 Å². The summed E-state index contributed by atoms with van der Waals surface area (Å²) in [6, 6.07) is 11.8. The minimum absolute atomic E-state index is 0.0384. The monoisotopic (exact) mass is 462 g/mol. The Morgan fingerprint density at radius 1 is 1.13 bits per heavy atom. The second-order valence-electron chi connectivity index (χ2n) is 7.52. The first-order valence-corrected chi connectivity index (χ1v) is 10.8. The molecule has 0 atom stereocenters. The van der Waals surface area contributed by atoms with Crippen molar-refractivity contribution in [3.63, 3.8) is 0 Å². The highest BCUT2D eigenvalue weighted by molar-refractivity contribution is 6.30. The number of piperidine rings is 1. The molecular formula is C22H21Cl2FN4O2. The van der Waals surface area contributed by atoms with Crippen LogP contribution in [0.15, 0.2) is 47.0 Å². The number of halogens is 3. The fraction of sp³-hybridized carbons (Fsp3) is 0.318. The topological polar surface area (TPSA) is 71.3 Å². The van der Waals surface area contributed by atoms with Gasteiger partial charge in [-0.25, -0.2) is 4.39 Å². The van der Waals surface area contributed by atoms with Crippen molar-refractivity contribution in [1.82, 2.24) is 20.4 Å². The van der Waals surface area contributed by atoms with E-state index >= 15 is 0 Å². The molecule has 1 aliphatic heterocycles. The van der Waals surface area contributed by atoms with E-state index in [4.69, 9.17) is 27.7 Å². The van der Waals surface area contributed by atoms with E-state index in [2.05, 4.69) is 20.4 Å². The van der Waals surface area contributed by atoms with Crippen molar-refractivity contribution in [2.75, 3.05) is 13.1 Å². The number of benzene rings is 2. The largest absolute Gasteiger partial charge is 0.347 e. The molecule has 1 amide bonds. The lowest BCUT2D eigenvalue weighted by Crippen LogP contribution is -2.40. The van der Waals surface area contributed by atoms with Crippen molar-refractivity contribution in [2.45, 2.75) is 25.9 Å². The maximum Gasteiger partial charge on any atom is 0.246 e. The van der Waals surface area contributed by atoms with Gasteiger partial charge >= 0.3 is 0 Å². The number of amides is 1. The summed E-state index contributed by atoms with van der Waals surface area (Å²) >= 11 is 11.7. The van der Waals surface area contributed by atoms with Crippen LogP contribution in [-0.2, 0) is 17.9 Å². The lowest BCUT2D eigenvalue weighted by Gasteiger charge is -2.31. The Labute approximate surface area is 189 Å². The highest BCUT2D eigenvalue weighted by Crippen LogP contribution is 2.22. The zero-order valence-corrected chi connectivity index (χ0v) is 18.2. The lowest BCUT2D eigenvalue weighted by atomic mass is 9.95. The number of nitrogens with zero attached hydrogens (tertiary/aromatic N) is 3. The van der Waals surface area contributed by atoms with Crippen LogP contribution in [0.5, 0.6) is 0 Å². The van der Waals surface area contributed by atoms with Crippen LogP contribution < -0.4 is 5.32 Å². The third-order valence-electron chi connectivity index (χ3n) is 5.35. The SMILES string of the molecule is O=C(NCc1nc(-c2ccc(Cl)cc2)no1)C1CCN(Cc2ccc(Cl)cc2F)CC1. The molecule has 0 radical (unpaired) electrons. The number of hydrogen-bond acceptors (Lipinski definition) is 5. The summed E-state index contributed by atoms with van der Waals surface area (Å²) in [5.74, 6) is 0.357. The van der Waals surface area contributed by atoms with Crippen molar-refractivity contribution in [1.29, 1.82) is 0 Å². The fourth-order valence-corrected chi connectivity index (χ4v) is 3.88. The summed E-state index contributed by atoms with van der Waals surface area (Å²) in [7, 11) is 0. The first kappa shape index (κ1) is 21.7. The van der Waals surface area contributed by atoms with Crippen LogP contribution in [0, 0.1) is 11.7 Å². The summed E-state index contributed by atoms with van der Waals surface area (Å²) < 4.78 is 19.2. The van der Waals surface area contributed by atoms with E-state index in [1.54, 1.807) is 36.4 Å². The average molecular weight is 463 g/mol. The van der Waals surface area contributed by atoms with Crippen molar-refractivity contribution in [3.8, 4) is 11.4 Å². The summed E-state index contributed by atoms with van der Waals surface area (Å²) in [6.45, 7) is 2.13. The van der Waals surface area contributed by atoms with Crippen LogP contribution in [0.4, 0.5) is 4.39 Å². The van der Waals surface area contributed by atoms with E-state index < -0.39 is 0 Å². The van der Waals surface area contributed by atoms with E-state index in [9.17, 15) is 9.18 Å². The van der Waals surface area contributed by atoms with Crippen LogP contribution in [-0.4, -0.2) is 34.0 Å². The number of carbonyl (C=O) groups excluding carboxylic acids is 1. The maximum absolute atomic E-state index is 14.0. The molecule has 0 spiro atoms. The highest BCUT2D eigenvalue weighted by Gasteiger charge is 2.25. The molecule has 1 aliphatic rings. The van der Waals surface area contributed by atoms with E-state index in [1.807, 2.05) is 0 Å². The van der Waals surface area contributed by atoms with E-state index in [1.165, 1.54) is 6.07 Å².